The van der Waals surface area contributed by atoms with Gasteiger partial charge in [0, 0.05) is 24.0 Å². The molecule has 3 unspecified atom stereocenters. The van der Waals surface area contributed by atoms with Crippen LogP contribution in [0, 0.1) is 5.92 Å². The van der Waals surface area contributed by atoms with Gasteiger partial charge in [-0.05, 0) is 51.4 Å². The van der Waals surface area contributed by atoms with Crippen molar-refractivity contribution in [1.82, 2.24) is 0 Å². The van der Waals surface area contributed by atoms with Crippen molar-refractivity contribution in [2.75, 3.05) is 6.61 Å². The molecule has 24 heavy (non-hydrogen) atoms. The summed E-state index contributed by atoms with van der Waals surface area (Å²) in [5.41, 5.74) is 0.577. The van der Waals surface area contributed by atoms with Crippen LogP contribution in [-0.4, -0.2) is 38.7 Å². The Hall–Kier alpha value is -0.653. The van der Waals surface area contributed by atoms with Gasteiger partial charge in [0.15, 0.2) is 8.32 Å². The van der Waals surface area contributed by atoms with Gasteiger partial charge in [0.05, 0.1) is 12.2 Å². The number of hydrogen-bond acceptors (Lipinski definition) is 4. The molecule has 0 bridgehead atoms. The highest BCUT2D eigenvalue weighted by molar-refractivity contribution is 6.74. The monoisotopic (exact) mass is 354 g/mol. The quantitative estimate of drug-likeness (QED) is 0.425. The van der Waals surface area contributed by atoms with Gasteiger partial charge in [-0.3, -0.25) is 0 Å². The Morgan fingerprint density at radius 3 is 2.33 bits per heavy atom. The third-order valence-corrected chi connectivity index (χ3v) is 9.98. The fraction of sp³-hybridized carbons (Fsp3) is 0.842. The standard InChI is InChI=1S/C19H34O4Si/c1-18(2,3)21-10-9-14-15-11-13(12-16(15)22-17(14)20)23-24(7,8)19(4,5)6/h9,13,15-16H,10-12H2,1-8H3/b14-9-. The van der Waals surface area contributed by atoms with E-state index in [-0.39, 0.29) is 34.7 Å². The van der Waals surface area contributed by atoms with E-state index in [1.165, 1.54) is 0 Å². The number of esters is 1. The lowest BCUT2D eigenvalue weighted by Gasteiger charge is -2.38. The number of carbonyl (C=O) groups is 1. The minimum Gasteiger partial charge on any atom is -0.458 e. The molecule has 1 saturated carbocycles. The molecule has 5 heteroatoms. The molecule has 3 atom stereocenters. The normalized spacial score (nSPS) is 29.9. The lowest BCUT2D eigenvalue weighted by molar-refractivity contribution is -0.139. The van der Waals surface area contributed by atoms with Crippen LogP contribution in [0.4, 0.5) is 0 Å². The Balaban J connectivity index is 2.00. The second-order valence-electron chi connectivity index (χ2n) is 9.60. The molecule has 4 nitrogen and oxygen atoms in total. The third kappa shape index (κ3) is 4.49. The molecule has 0 aromatic rings. The maximum Gasteiger partial charge on any atom is 0.334 e. The predicted molar refractivity (Wildman–Crippen MR) is 98.5 cm³/mol. The summed E-state index contributed by atoms with van der Waals surface area (Å²) in [6.07, 6.45) is 3.78. The molecule has 0 aromatic carbocycles. The van der Waals surface area contributed by atoms with Crippen LogP contribution in [0.3, 0.4) is 0 Å². The van der Waals surface area contributed by atoms with Crippen molar-refractivity contribution in [1.29, 1.82) is 0 Å². The van der Waals surface area contributed by atoms with Crippen LogP contribution >= 0.6 is 0 Å². The highest BCUT2D eigenvalue weighted by Gasteiger charge is 2.49. The summed E-state index contributed by atoms with van der Waals surface area (Å²) in [4.78, 5) is 12.1. The first-order valence-corrected chi connectivity index (χ1v) is 11.9. The first-order chi connectivity index (χ1) is 10.8. The van der Waals surface area contributed by atoms with Crippen LogP contribution in [0.25, 0.3) is 0 Å². The average molecular weight is 355 g/mol. The molecule has 0 spiro atoms. The van der Waals surface area contributed by atoms with E-state index in [1.54, 1.807) is 0 Å². The number of hydrogen-bond donors (Lipinski definition) is 0. The summed E-state index contributed by atoms with van der Waals surface area (Å²) in [6.45, 7) is 17.8. The van der Waals surface area contributed by atoms with Gasteiger partial charge in [-0.25, -0.2) is 4.79 Å². The Morgan fingerprint density at radius 1 is 1.17 bits per heavy atom. The van der Waals surface area contributed by atoms with Crippen LogP contribution in [0.2, 0.25) is 18.1 Å². The predicted octanol–water partition coefficient (Wildman–Crippen LogP) is 4.45. The van der Waals surface area contributed by atoms with E-state index in [9.17, 15) is 4.79 Å². The van der Waals surface area contributed by atoms with Crippen molar-refractivity contribution in [2.24, 2.45) is 5.92 Å². The lowest BCUT2D eigenvalue weighted by atomic mass is 9.98. The zero-order chi connectivity index (χ0) is 18.3. The summed E-state index contributed by atoms with van der Waals surface area (Å²) in [5, 5.41) is 0.195. The second-order valence-corrected chi connectivity index (χ2v) is 14.4. The molecule has 1 aliphatic heterocycles. The summed E-state index contributed by atoms with van der Waals surface area (Å²) in [5.74, 6) is -0.0101. The molecule has 0 amide bonds. The Labute approximate surface area is 148 Å². The zero-order valence-corrected chi connectivity index (χ0v) is 17.6. The Bertz CT molecular complexity index is 510. The molecule has 1 aliphatic carbocycles. The van der Waals surface area contributed by atoms with Crippen molar-refractivity contribution in [3.63, 3.8) is 0 Å². The van der Waals surface area contributed by atoms with E-state index in [1.807, 2.05) is 26.8 Å². The van der Waals surface area contributed by atoms with Gasteiger partial charge in [-0.15, -0.1) is 0 Å². The number of carbonyl (C=O) groups excluding carboxylic acids is 1. The summed E-state index contributed by atoms with van der Waals surface area (Å²) >= 11 is 0. The largest absolute Gasteiger partial charge is 0.458 e. The first-order valence-electron chi connectivity index (χ1n) is 9.03. The van der Waals surface area contributed by atoms with Gasteiger partial charge in [0.25, 0.3) is 0 Å². The first kappa shape index (κ1) is 19.7. The minimum absolute atomic E-state index is 0.0202. The zero-order valence-electron chi connectivity index (χ0n) is 16.6. The van der Waals surface area contributed by atoms with Crippen LogP contribution in [0.15, 0.2) is 11.6 Å². The average Bonchev–Trinajstić information content (AvgIpc) is 2.84. The number of fused-ring (bicyclic) bond motifs is 1. The molecule has 2 fully saturated rings. The minimum atomic E-state index is -1.79. The van der Waals surface area contributed by atoms with E-state index >= 15 is 0 Å². The molecule has 1 heterocycles. The van der Waals surface area contributed by atoms with Crippen molar-refractivity contribution in [3.05, 3.63) is 11.6 Å². The smallest absolute Gasteiger partial charge is 0.334 e. The van der Waals surface area contributed by atoms with Crippen LogP contribution in [0.1, 0.15) is 54.4 Å². The fourth-order valence-electron chi connectivity index (χ4n) is 3.07. The maximum absolute atomic E-state index is 12.1. The van der Waals surface area contributed by atoms with E-state index < -0.39 is 8.32 Å². The fourth-order valence-corrected chi connectivity index (χ4v) is 4.45. The van der Waals surface area contributed by atoms with Crippen molar-refractivity contribution in [2.45, 2.75) is 90.3 Å². The summed E-state index contributed by atoms with van der Waals surface area (Å²) < 4.78 is 17.8. The molecule has 2 rings (SSSR count). The number of ether oxygens (including phenoxy) is 2. The van der Waals surface area contributed by atoms with E-state index in [4.69, 9.17) is 13.9 Å². The Kier molecular flexibility index (Phi) is 5.39. The van der Waals surface area contributed by atoms with E-state index in [0.717, 1.165) is 18.4 Å². The maximum atomic E-state index is 12.1. The van der Waals surface area contributed by atoms with Crippen LogP contribution < -0.4 is 0 Å². The third-order valence-electron chi connectivity index (χ3n) is 5.44. The van der Waals surface area contributed by atoms with Gasteiger partial charge in [0.1, 0.15) is 6.10 Å². The van der Waals surface area contributed by atoms with Gasteiger partial charge in [0.2, 0.25) is 0 Å². The van der Waals surface area contributed by atoms with Gasteiger partial charge in [-0.1, -0.05) is 20.8 Å². The molecule has 0 radical (unpaired) electrons. The van der Waals surface area contributed by atoms with Gasteiger partial charge >= 0.3 is 5.97 Å². The molecular weight excluding hydrogens is 320 g/mol. The van der Waals surface area contributed by atoms with Crippen molar-refractivity contribution >= 4 is 14.3 Å². The van der Waals surface area contributed by atoms with Crippen LogP contribution in [0.5, 0.6) is 0 Å². The van der Waals surface area contributed by atoms with Gasteiger partial charge < -0.3 is 13.9 Å². The van der Waals surface area contributed by atoms with Gasteiger partial charge in [-0.2, -0.15) is 0 Å². The molecule has 0 N–H and O–H groups in total. The summed E-state index contributed by atoms with van der Waals surface area (Å²) in [7, 11) is -1.79. The lowest BCUT2D eigenvalue weighted by Crippen LogP contribution is -2.43. The molecule has 2 aliphatic rings. The molecule has 1 saturated heterocycles. The highest BCUT2D eigenvalue weighted by atomic mass is 28.4. The van der Waals surface area contributed by atoms with E-state index in [2.05, 4.69) is 33.9 Å². The molecular formula is C19H34O4Si. The SMILES string of the molecule is CC(C)(C)OC/C=C1\C(=O)OC2CC(O[Si](C)(C)C(C)(C)C)CC12. The molecule has 138 valence electrons. The summed E-state index contributed by atoms with van der Waals surface area (Å²) in [6, 6.07) is 0. The number of rotatable bonds is 4. The highest BCUT2D eigenvalue weighted by Crippen LogP contribution is 2.45. The topological polar surface area (TPSA) is 44.8 Å². The van der Waals surface area contributed by atoms with Crippen molar-refractivity contribution < 1.29 is 18.7 Å². The van der Waals surface area contributed by atoms with Crippen molar-refractivity contribution in [3.8, 4) is 0 Å². The Morgan fingerprint density at radius 2 is 1.79 bits per heavy atom. The second kappa shape index (κ2) is 6.58. The van der Waals surface area contributed by atoms with E-state index in [0.29, 0.717) is 6.61 Å². The van der Waals surface area contributed by atoms with Crippen LogP contribution in [-0.2, 0) is 18.7 Å². The molecule has 0 aromatic heterocycles.